The first-order chi connectivity index (χ1) is 12.6. The average Bonchev–Trinajstić information content (AvgIpc) is 2.68. The van der Waals surface area contributed by atoms with E-state index < -0.39 is 0 Å². The lowest BCUT2D eigenvalue weighted by Gasteiger charge is -2.33. The van der Waals surface area contributed by atoms with Crippen LogP contribution in [0.3, 0.4) is 0 Å². The lowest BCUT2D eigenvalue weighted by atomic mass is 9.89. The number of pyridine rings is 1. The summed E-state index contributed by atoms with van der Waals surface area (Å²) < 4.78 is 13.1. The molecule has 4 rings (SSSR count). The van der Waals surface area contributed by atoms with Crippen molar-refractivity contribution in [3.8, 4) is 0 Å². The Hall–Kier alpha value is -2.75. The minimum Gasteiger partial charge on any atom is -0.356 e. The maximum atomic E-state index is 13.1. The molecule has 3 aromatic rings. The van der Waals surface area contributed by atoms with Crippen LogP contribution in [0.2, 0.25) is 0 Å². The molecule has 0 saturated carbocycles. The Morgan fingerprint density at radius 3 is 2.50 bits per heavy atom. The van der Waals surface area contributed by atoms with Crippen molar-refractivity contribution in [2.75, 3.05) is 18.0 Å². The molecule has 1 saturated heterocycles. The molecule has 26 heavy (non-hydrogen) atoms. The third-order valence-corrected chi connectivity index (χ3v) is 5.18. The Morgan fingerprint density at radius 2 is 1.77 bits per heavy atom. The van der Waals surface area contributed by atoms with Gasteiger partial charge in [-0.3, -0.25) is 4.79 Å². The van der Waals surface area contributed by atoms with Gasteiger partial charge in [0.2, 0.25) is 0 Å². The highest BCUT2D eigenvalue weighted by Crippen LogP contribution is 2.28. The summed E-state index contributed by atoms with van der Waals surface area (Å²) in [5.74, 6) is 0.816. The smallest absolute Gasteiger partial charge is 0.166 e. The van der Waals surface area contributed by atoms with Gasteiger partial charge in [0.25, 0.3) is 0 Å². The molecule has 0 aliphatic carbocycles. The molecule has 2 heterocycles. The number of nitrogens with zero attached hydrogens (tertiary/aromatic N) is 2. The Labute approximate surface area is 152 Å². The van der Waals surface area contributed by atoms with Crippen LogP contribution in [0, 0.1) is 18.7 Å². The fourth-order valence-electron chi connectivity index (χ4n) is 3.73. The molecule has 132 valence electrons. The van der Waals surface area contributed by atoms with Gasteiger partial charge in [0, 0.05) is 30.0 Å². The van der Waals surface area contributed by atoms with E-state index in [-0.39, 0.29) is 17.5 Å². The van der Waals surface area contributed by atoms with Gasteiger partial charge in [-0.15, -0.1) is 0 Å². The number of aryl methyl sites for hydroxylation is 1. The SMILES string of the molecule is Cc1cc2ccccc2nc1N1CCC(C(=O)c2ccc(F)cc2)CC1. The van der Waals surface area contributed by atoms with Crippen molar-refractivity contribution >= 4 is 22.5 Å². The summed E-state index contributed by atoms with van der Waals surface area (Å²) in [7, 11) is 0. The van der Waals surface area contributed by atoms with E-state index >= 15 is 0 Å². The number of carbonyl (C=O) groups excluding carboxylic acids is 1. The van der Waals surface area contributed by atoms with E-state index in [1.54, 1.807) is 12.1 Å². The number of ketones is 1. The maximum absolute atomic E-state index is 13.1. The second kappa shape index (κ2) is 6.87. The number of hydrogen-bond acceptors (Lipinski definition) is 3. The van der Waals surface area contributed by atoms with Crippen molar-refractivity contribution in [2.24, 2.45) is 5.92 Å². The van der Waals surface area contributed by atoms with Crippen molar-refractivity contribution in [1.29, 1.82) is 0 Å². The molecule has 1 aromatic heterocycles. The Bertz CT molecular complexity index is 944. The van der Waals surface area contributed by atoms with Crippen LogP contribution in [-0.2, 0) is 0 Å². The number of halogens is 1. The molecule has 0 N–H and O–H groups in total. The predicted molar refractivity (Wildman–Crippen MR) is 102 cm³/mol. The summed E-state index contributed by atoms with van der Waals surface area (Å²) in [6.45, 7) is 3.71. The third kappa shape index (κ3) is 3.19. The van der Waals surface area contributed by atoms with Crippen LogP contribution in [0.15, 0.2) is 54.6 Å². The van der Waals surface area contributed by atoms with Crippen molar-refractivity contribution in [3.63, 3.8) is 0 Å². The molecule has 0 amide bonds. The van der Waals surface area contributed by atoms with Gasteiger partial charge in [-0.25, -0.2) is 9.37 Å². The molecule has 3 nitrogen and oxygen atoms in total. The number of fused-ring (bicyclic) bond motifs is 1. The summed E-state index contributed by atoms with van der Waals surface area (Å²) in [5, 5.41) is 1.15. The zero-order valence-electron chi connectivity index (χ0n) is 14.8. The summed E-state index contributed by atoms with van der Waals surface area (Å²) in [5.41, 5.74) is 2.76. The highest BCUT2D eigenvalue weighted by atomic mass is 19.1. The van der Waals surface area contributed by atoms with Gasteiger partial charge in [-0.05, 0) is 61.7 Å². The number of Topliss-reactive ketones (excluding diaryl/α,β-unsaturated/α-hetero) is 1. The summed E-state index contributed by atoms with van der Waals surface area (Å²) >= 11 is 0. The van der Waals surface area contributed by atoms with E-state index in [2.05, 4.69) is 24.0 Å². The average molecular weight is 348 g/mol. The number of para-hydroxylation sites is 1. The first-order valence-electron chi connectivity index (χ1n) is 9.03. The molecule has 2 aromatic carbocycles. The molecule has 0 spiro atoms. The zero-order chi connectivity index (χ0) is 18.1. The Morgan fingerprint density at radius 1 is 1.08 bits per heavy atom. The minimum atomic E-state index is -0.311. The fourth-order valence-corrected chi connectivity index (χ4v) is 3.73. The van der Waals surface area contributed by atoms with Gasteiger partial charge in [0.1, 0.15) is 11.6 Å². The largest absolute Gasteiger partial charge is 0.356 e. The van der Waals surface area contributed by atoms with Gasteiger partial charge in [0.15, 0.2) is 5.78 Å². The van der Waals surface area contributed by atoms with Crippen LogP contribution >= 0.6 is 0 Å². The monoisotopic (exact) mass is 348 g/mol. The molecule has 1 aliphatic rings. The van der Waals surface area contributed by atoms with Crippen LogP contribution < -0.4 is 4.90 Å². The van der Waals surface area contributed by atoms with Crippen LogP contribution in [0.25, 0.3) is 10.9 Å². The fraction of sp³-hybridized carbons (Fsp3) is 0.273. The van der Waals surface area contributed by atoms with Crippen LogP contribution in [-0.4, -0.2) is 23.9 Å². The number of benzene rings is 2. The Kier molecular flexibility index (Phi) is 4.41. The highest BCUT2D eigenvalue weighted by molar-refractivity contribution is 5.98. The second-order valence-corrected chi connectivity index (χ2v) is 6.95. The Balaban J connectivity index is 1.49. The van der Waals surface area contributed by atoms with Crippen molar-refractivity contribution in [3.05, 3.63) is 71.5 Å². The first kappa shape index (κ1) is 16.7. The van der Waals surface area contributed by atoms with Gasteiger partial charge in [-0.1, -0.05) is 18.2 Å². The van der Waals surface area contributed by atoms with Crippen LogP contribution in [0.5, 0.6) is 0 Å². The topological polar surface area (TPSA) is 33.2 Å². The van der Waals surface area contributed by atoms with Crippen molar-refractivity contribution < 1.29 is 9.18 Å². The summed E-state index contributed by atoms with van der Waals surface area (Å²) in [4.78, 5) is 19.7. The molecular formula is C22H21FN2O. The van der Waals surface area contributed by atoms with Gasteiger partial charge in [0.05, 0.1) is 5.52 Å². The number of rotatable bonds is 3. The van der Waals surface area contributed by atoms with E-state index in [0.717, 1.165) is 48.2 Å². The van der Waals surface area contributed by atoms with Gasteiger partial charge in [-0.2, -0.15) is 0 Å². The van der Waals surface area contributed by atoms with Crippen LogP contribution in [0.4, 0.5) is 10.2 Å². The molecule has 4 heteroatoms. The predicted octanol–water partition coefficient (Wildman–Crippen LogP) is 4.78. The van der Waals surface area contributed by atoms with Crippen LogP contribution in [0.1, 0.15) is 28.8 Å². The highest BCUT2D eigenvalue weighted by Gasteiger charge is 2.27. The second-order valence-electron chi connectivity index (χ2n) is 6.95. The first-order valence-corrected chi connectivity index (χ1v) is 9.03. The number of piperidine rings is 1. The molecular weight excluding hydrogens is 327 g/mol. The number of aromatic nitrogens is 1. The summed E-state index contributed by atoms with van der Waals surface area (Å²) in [6.07, 6.45) is 1.59. The normalized spacial score (nSPS) is 15.4. The van der Waals surface area contributed by atoms with E-state index in [9.17, 15) is 9.18 Å². The molecule has 0 atom stereocenters. The van der Waals surface area contributed by atoms with E-state index in [1.807, 2.05) is 18.2 Å². The molecule has 0 radical (unpaired) electrons. The molecule has 0 unspecified atom stereocenters. The zero-order valence-corrected chi connectivity index (χ0v) is 14.8. The van der Waals surface area contributed by atoms with Crippen molar-refractivity contribution in [1.82, 2.24) is 4.98 Å². The van der Waals surface area contributed by atoms with Crippen molar-refractivity contribution in [2.45, 2.75) is 19.8 Å². The lowest BCUT2D eigenvalue weighted by molar-refractivity contribution is 0.0900. The number of carbonyl (C=O) groups is 1. The summed E-state index contributed by atoms with van der Waals surface area (Å²) in [6, 6.07) is 16.2. The molecule has 0 bridgehead atoms. The molecule has 1 aliphatic heterocycles. The van der Waals surface area contributed by atoms with Gasteiger partial charge >= 0.3 is 0 Å². The number of hydrogen-bond donors (Lipinski definition) is 0. The van der Waals surface area contributed by atoms with E-state index in [1.165, 1.54) is 12.1 Å². The van der Waals surface area contributed by atoms with E-state index in [4.69, 9.17) is 4.98 Å². The molecule has 1 fully saturated rings. The van der Waals surface area contributed by atoms with Gasteiger partial charge < -0.3 is 4.90 Å². The maximum Gasteiger partial charge on any atom is 0.166 e. The standard InChI is InChI=1S/C22H21FN2O/c1-15-14-18-4-2-3-5-20(18)24-22(15)25-12-10-17(11-13-25)21(26)16-6-8-19(23)9-7-16/h2-9,14,17H,10-13H2,1H3. The number of anilines is 1. The third-order valence-electron chi connectivity index (χ3n) is 5.18. The van der Waals surface area contributed by atoms with E-state index in [0.29, 0.717) is 5.56 Å². The quantitative estimate of drug-likeness (QED) is 0.639. The minimum absolute atomic E-state index is 0.00234. The lowest BCUT2D eigenvalue weighted by Crippen LogP contribution is -2.37.